The third-order valence-corrected chi connectivity index (χ3v) is 5.98. The van der Waals surface area contributed by atoms with Gasteiger partial charge in [0.1, 0.15) is 11.4 Å². The first kappa shape index (κ1) is 24.7. The Morgan fingerprint density at radius 1 is 0.944 bits per heavy atom. The van der Waals surface area contributed by atoms with Gasteiger partial charge in [-0.25, -0.2) is 0 Å². The quantitative estimate of drug-likeness (QED) is 0.349. The van der Waals surface area contributed by atoms with Crippen molar-refractivity contribution in [1.82, 2.24) is 14.7 Å². The van der Waals surface area contributed by atoms with Gasteiger partial charge in [-0.05, 0) is 55.8 Å². The van der Waals surface area contributed by atoms with E-state index in [2.05, 4.69) is 5.32 Å². The normalized spacial score (nSPS) is 10.6. The Hall–Kier alpha value is -4.39. The van der Waals surface area contributed by atoms with Gasteiger partial charge in [0.2, 0.25) is 0 Å². The zero-order valence-electron chi connectivity index (χ0n) is 20.8. The Morgan fingerprint density at radius 3 is 2.33 bits per heavy atom. The minimum atomic E-state index is -0.282. The average molecular weight is 483 g/mol. The highest BCUT2D eigenvalue weighted by Crippen LogP contribution is 2.27. The highest BCUT2D eigenvalue weighted by Gasteiger charge is 2.19. The minimum absolute atomic E-state index is 0.0274. The molecule has 184 valence electrons. The van der Waals surface area contributed by atoms with Gasteiger partial charge in [0.15, 0.2) is 0 Å². The Kier molecular flexibility index (Phi) is 7.80. The molecule has 0 atom stereocenters. The fraction of sp³-hybridized carbons (Fsp3) is 0.207. The van der Waals surface area contributed by atoms with Crippen LogP contribution in [0.25, 0.3) is 11.3 Å². The maximum absolute atomic E-state index is 13.4. The van der Waals surface area contributed by atoms with Crippen molar-refractivity contribution in [1.29, 1.82) is 0 Å². The maximum atomic E-state index is 13.4. The summed E-state index contributed by atoms with van der Waals surface area (Å²) in [6.07, 6.45) is 1.76. The molecule has 0 bridgehead atoms. The van der Waals surface area contributed by atoms with Gasteiger partial charge >= 0.3 is 0 Å². The lowest BCUT2D eigenvalue weighted by molar-refractivity contribution is 0.0773. The van der Waals surface area contributed by atoms with Crippen molar-refractivity contribution in [2.24, 2.45) is 0 Å². The fourth-order valence-electron chi connectivity index (χ4n) is 4.01. The first-order chi connectivity index (χ1) is 17.5. The van der Waals surface area contributed by atoms with E-state index in [1.807, 2.05) is 68.4 Å². The largest absolute Gasteiger partial charge is 0.497 e. The van der Waals surface area contributed by atoms with E-state index in [0.29, 0.717) is 47.9 Å². The number of nitrogens with zero attached hydrogens (tertiary/aromatic N) is 3. The Labute approximate surface area is 211 Å². The predicted octanol–water partition coefficient (Wildman–Crippen LogP) is 5.34. The highest BCUT2D eigenvalue weighted by atomic mass is 16.5. The van der Waals surface area contributed by atoms with Gasteiger partial charge in [-0.1, -0.05) is 42.5 Å². The fourth-order valence-corrected chi connectivity index (χ4v) is 4.01. The molecule has 0 fully saturated rings. The minimum Gasteiger partial charge on any atom is -0.497 e. The number of benzene rings is 3. The molecule has 0 unspecified atom stereocenters. The molecule has 0 aliphatic carbocycles. The van der Waals surface area contributed by atoms with Crippen LogP contribution in [0.5, 0.6) is 5.75 Å². The summed E-state index contributed by atoms with van der Waals surface area (Å²) >= 11 is 0. The van der Waals surface area contributed by atoms with Crippen molar-refractivity contribution in [2.75, 3.05) is 25.5 Å². The molecule has 3 aromatic carbocycles. The van der Waals surface area contributed by atoms with Gasteiger partial charge in [-0.15, -0.1) is 0 Å². The molecule has 4 aromatic rings. The van der Waals surface area contributed by atoms with Crippen LogP contribution in [0, 0.1) is 0 Å². The summed E-state index contributed by atoms with van der Waals surface area (Å²) in [5, 5.41) is 7.69. The van der Waals surface area contributed by atoms with E-state index in [0.717, 1.165) is 11.1 Å². The van der Waals surface area contributed by atoms with Crippen molar-refractivity contribution in [2.45, 2.75) is 20.4 Å². The second-order valence-electron chi connectivity index (χ2n) is 8.32. The standard InChI is InChI=1S/C29H30N4O3/c1-4-32(5-2)29(35)22-14-16-24(17-15-22)30-28(34)26-20-33(19-21-10-7-6-8-11-21)31-27(26)23-12-9-13-25(18-23)36-3/h6-18,20H,4-5,19H2,1-3H3,(H,30,34). The number of nitrogens with one attached hydrogen (secondary N) is 1. The molecule has 2 amide bonds. The van der Waals surface area contributed by atoms with Gasteiger partial charge in [-0.2, -0.15) is 5.10 Å². The van der Waals surface area contributed by atoms with E-state index in [1.165, 1.54) is 0 Å². The van der Waals surface area contributed by atoms with E-state index < -0.39 is 0 Å². The molecule has 7 heteroatoms. The first-order valence-corrected chi connectivity index (χ1v) is 12.0. The first-order valence-electron chi connectivity index (χ1n) is 12.0. The summed E-state index contributed by atoms with van der Waals surface area (Å²) < 4.78 is 7.14. The zero-order chi connectivity index (χ0) is 25.5. The lowest BCUT2D eigenvalue weighted by Crippen LogP contribution is -2.30. The number of amides is 2. The summed E-state index contributed by atoms with van der Waals surface area (Å²) in [5.41, 5.74) is 4.06. The number of carbonyl (C=O) groups excluding carboxylic acids is 2. The molecule has 7 nitrogen and oxygen atoms in total. The van der Waals surface area contributed by atoms with Gasteiger partial charge in [-0.3, -0.25) is 14.3 Å². The van der Waals surface area contributed by atoms with E-state index in [9.17, 15) is 9.59 Å². The van der Waals surface area contributed by atoms with Gasteiger partial charge in [0.05, 0.1) is 19.2 Å². The van der Waals surface area contributed by atoms with Crippen molar-refractivity contribution in [3.8, 4) is 17.0 Å². The third-order valence-electron chi connectivity index (χ3n) is 5.98. The van der Waals surface area contributed by atoms with Crippen LogP contribution in [0.1, 0.15) is 40.1 Å². The average Bonchev–Trinajstić information content (AvgIpc) is 3.34. The van der Waals surface area contributed by atoms with Crippen LogP contribution in [-0.2, 0) is 6.54 Å². The smallest absolute Gasteiger partial charge is 0.259 e. The van der Waals surface area contributed by atoms with Crippen molar-refractivity contribution >= 4 is 17.5 Å². The summed E-state index contributed by atoms with van der Waals surface area (Å²) in [7, 11) is 1.61. The molecule has 1 aromatic heterocycles. The summed E-state index contributed by atoms with van der Waals surface area (Å²) in [6.45, 7) is 5.73. The molecule has 36 heavy (non-hydrogen) atoms. The number of rotatable bonds is 9. The predicted molar refractivity (Wildman–Crippen MR) is 141 cm³/mol. The van der Waals surface area contributed by atoms with Crippen LogP contribution in [0.15, 0.2) is 85.1 Å². The van der Waals surface area contributed by atoms with E-state index in [1.54, 1.807) is 47.2 Å². The monoisotopic (exact) mass is 482 g/mol. The number of methoxy groups -OCH3 is 1. The topological polar surface area (TPSA) is 76.5 Å². The number of hydrogen-bond donors (Lipinski definition) is 1. The molecular weight excluding hydrogens is 452 g/mol. The lowest BCUT2D eigenvalue weighted by Gasteiger charge is -2.18. The van der Waals surface area contributed by atoms with E-state index in [-0.39, 0.29) is 11.8 Å². The SMILES string of the molecule is CCN(CC)C(=O)c1ccc(NC(=O)c2cn(Cc3ccccc3)nc2-c2cccc(OC)c2)cc1. The van der Waals surface area contributed by atoms with Gasteiger partial charge in [0, 0.05) is 36.1 Å². The van der Waals surface area contributed by atoms with Crippen LogP contribution in [-0.4, -0.2) is 46.7 Å². The van der Waals surface area contributed by atoms with Crippen LogP contribution in [0.3, 0.4) is 0 Å². The summed E-state index contributed by atoms with van der Waals surface area (Å²) in [6, 6.07) is 24.4. The van der Waals surface area contributed by atoms with Crippen LogP contribution in [0.2, 0.25) is 0 Å². The third kappa shape index (κ3) is 5.63. The Balaban J connectivity index is 1.61. The number of ether oxygens (including phenoxy) is 1. The van der Waals surface area contributed by atoms with Gasteiger partial charge in [0.25, 0.3) is 11.8 Å². The second-order valence-corrected chi connectivity index (χ2v) is 8.32. The molecule has 0 saturated heterocycles. The van der Waals surface area contributed by atoms with Crippen molar-refractivity contribution in [3.05, 3.63) is 102 Å². The number of hydrogen-bond acceptors (Lipinski definition) is 4. The Morgan fingerprint density at radius 2 is 1.67 bits per heavy atom. The molecule has 1 heterocycles. The highest BCUT2D eigenvalue weighted by molar-refractivity contribution is 6.08. The number of anilines is 1. The molecule has 1 N–H and O–H groups in total. The zero-order valence-corrected chi connectivity index (χ0v) is 20.8. The molecule has 4 rings (SSSR count). The van der Waals surface area contributed by atoms with E-state index >= 15 is 0 Å². The Bertz CT molecular complexity index is 1330. The van der Waals surface area contributed by atoms with Crippen LogP contribution >= 0.6 is 0 Å². The molecule has 0 aliphatic heterocycles. The van der Waals surface area contributed by atoms with Crippen LogP contribution < -0.4 is 10.1 Å². The second kappa shape index (κ2) is 11.4. The molecule has 0 radical (unpaired) electrons. The molecule has 0 aliphatic rings. The van der Waals surface area contributed by atoms with Crippen LogP contribution in [0.4, 0.5) is 5.69 Å². The molecular formula is C29H30N4O3. The molecule has 0 spiro atoms. The molecule has 0 saturated carbocycles. The van der Waals surface area contributed by atoms with E-state index in [4.69, 9.17) is 9.84 Å². The number of aromatic nitrogens is 2. The summed E-state index contributed by atoms with van der Waals surface area (Å²) in [5.74, 6) is 0.375. The maximum Gasteiger partial charge on any atom is 0.259 e. The lowest BCUT2D eigenvalue weighted by atomic mass is 10.1. The number of carbonyl (C=O) groups is 2. The van der Waals surface area contributed by atoms with Crippen molar-refractivity contribution < 1.29 is 14.3 Å². The van der Waals surface area contributed by atoms with Gasteiger partial charge < -0.3 is 15.0 Å². The van der Waals surface area contributed by atoms with Crippen molar-refractivity contribution in [3.63, 3.8) is 0 Å². The summed E-state index contributed by atoms with van der Waals surface area (Å²) in [4.78, 5) is 27.7.